The first kappa shape index (κ1) is 11.9. The summed E-state index contributed by atoms with van der Waals surface area (Å²) in [5, 5.41) is 0. The SMILES string of the molecule is C/C=C/C=CC(=O)N(C)CCCN. The van der Waals surface area contributed by atoms with Gasteiger partial charge >= 0.3 is 0 Å². The lowest BCUT2D eigenvalue weighted by molar-refractivity contribution is -0.124. The third-order valence-electron chi connectivity index (χ3n) is 1.62. The zero-order chi connectivity index (χ0) is 10.1. The molecule has 0 aliphatic heterocycles. The van der Waals surface area contributed by atoms with Gasteiger partial charge in [0.25, 0.3) is 0 Å². The van der Waals surface area contributed by atoms with Crippen LogP contribution < -0.4 is 5.73 Å². The molecule has 0 saturated carbocycles. The summed E-state index contributed by atoms with van der Waals surface area (Å²) in [6.07, 6.45) is 7.84. The standard InChI is InChI=1S/C10H18N2O/c1-3-4-5-7-10(13)12(2)9-6-8-11/h3-5,7H,6,8-9,11H2,1-2H3/b4-3+,7-5?. The Morgan fingerprint density at radius 1 is 1.46 bits per heavy atom. The number of hydrogen-bond acceptors (Lipinski definition) is 2. The van der Waals surface area contributed by atoms with Crippen LogP contribution in [0.5, 0.6) is 0 Å². The van der Waals surface area contributed by atoms with Crippen molar-refractivity contribution in [2.45, 2.75) is 13.3 Å². The molecule has 0 spiro atoms. The molecule has 13 heavy (non-hydrogen) atoms. The van der Waals surface area contributed by atoms with E-state index in [1.54, 1.807) is 24.1 Å². The van der Waals surface area contributed by atoms with Crippen LogP contribution in [-0.4, -0.2) is 30.9 Å². The van der Waals surface area contributed by atoms with Gasteiger partial charge in [0.05, 0.1) is 0 Å². The molecular weight excluding hydrogens is 164 g/mol. The van der Waals surface area contributed by atoms with Gasteiger partial charge in [-0.05, 0) is 19.9 Å². The van der Waals surface area contributed by atoms with Crippen molar-refractivity contribution >= 4 is 5.91 Å². The number of likely N-dealkylation sites (N-methyl/N-ethyl adjacent to an activating group) is 1. The van der Waals surface area contributed by atoms with Gasteiger partial charge in [0, 0.05) is 19.7 Å². The van der Waals surface area contributed by atoms with Crippen molar-refractivity contribution in [2.24, 2.45) is 5.73 Å². The van der Waals surface area contributed by atoms with Gasteiger partial charge in [-0.2, -0.15) is 0 Å². The van der Waals surface area contributed by atoms with Crippen molar-refractivity contribution < 1.29 is 4.79 Å². The fourth-order valence-electron chi connectivity index (χ4n) is 0.815. The molecule has 3 heteroatoms. The molecule has 0 aliphatic rings. The van der Waals surface area contributed by atoms with Gasteiger partial charge in [0.1, 0.15) is 0 Å². The fourth-order valence-corrected chi connectivity index (χ4v) is 0.815. The van der Waals surface area contributed by atoms with Gasteiger partial charge in [-0.1, -0.05) is 18.2 Å². The molecule has 0 aliphatic carbocycles. The number of carbonyl (C=O) groups is 1. The topological polar surface area (TPSA) is 46.3 Å². The molecule has 0 aromatic heterocycles. The highest BCUT2D eigenvalue weighted by Gasteiger charge is 2.01. The van der Waals surface area contributed by atoms with E-state index in [9.17, 15) is 4.79 Å². The number of nitrogens with zero attached hydrogens (tertiary/aromatic N) is 1. The molecule has 3 nitrogen and oxygen atoms in total. The summed E-state index contributed by atoms with van der Waals surface area (Å²) in [4.78, 5) is 12.9. The van der Waals surface area contributed by atoms with E-state index in [-0.39, 0.29) is 5.91 Å². The zero-order valence-corrected chi connectivity index (χ0v) is 8.36. The number of amides is 1. The Hall–Kier alpha value is -1.09. The molecule has 0 saturated heterocycles. The molecule has 0 aromatic rings. The minimum atomic E-state index is 0.0200. The van der Waals surface area contributed by atoms with E-state index in [1.807, 2.05) is 19.1 Å². The smallest absolute Gasteiger partial charge is 0.246 e. The number of carbonyl (C=O) groups excluding carboxylic acids is 1. The molecule has 0 aromatic carbocycles. The molecule has 2 N–H and O–H groups in total. The minimum Gasteiger partial charge on any atom is -0.342 e. The molecule has 0 heterocycles. The van der Waals surface area contributed by atoms with Gasteiger partial charge in [-0.3, -0.25) is 4.79 Å². The van der Waals surface area contributed by atoms with Gasteiger partial charge in [0.15, 0.2) is 0 Å². The van der Waals surface area contributed by atoms with Crippen LogP contribution in [0.15, 0.2) is 24.3 Å². The number of nitrogens with two attached hydrogens (primary N) is 1. The number of rotatable bonds is 5. The fraction of sp³-hybridized carbons (Fsp3) is 0.500. The predicted molar refractivity (Wildman–Crippen MR) is 55.3 cm³/mol. The Labute approximate surface area is 79.9 Å². The summed E-state index contributed by atoms with van der Waals surface area (Å²) in [5.74, 6) is 0.0200. The number of hydrogen-bond donors (Lipinski definition) is 1. The lowest BCUT2D eigenvalue weighted by atomic mass is 10.3. The Morgan fingerprint density at radius 2 is 2.15 bits per heavy atom. The normalized spacial score (nSPS) is 11.3. The minimum absolute atomic E-state index is 0.0200. The largest absolute Gasteiger partial charge is 0.342 e. The summed E-state index contributed by atoms with van der Waals surface area (Å²) < 4.78 is 0. The highest BCUT2D eigenvalue weighted by Crippen LogP contribution is 1.89. The lowest BCUT2D eigenvalue weighted by Crippen LogP contribution is -2.27. The maximum atomic E-state index is 11.3. The highest BCUT2D eigenvalue weighted by atomic mass is 16.2. The Morgan fingerprint density at radius 3 is 2.69 bits per heavy atom. The van der Waals surface area contributed by atoms with E-state index < -0.39 is 0 Å². The zero-order valence-electron chi connectivity index (χ0n) is 8.36. The molecule has 0 atom stereocenters. The van der Waals surface area contributed by atoms with E-state index in [2.05, 4.69) is 0 Å². The molecule has 0 rings (SSSR count). The van der Waals surface area contributed by atoms with E-state index in [4.69, 9.17) is 5.73 Å². The maximum Gasteiger partial charge on any atom is 0.246 e. The third-order valence-corrected chi connectivity index (χ3v) is 1.62. The van der Waals surface area contributed by atoms with Crippen LogP contribution in [0.4, 0.5) is 0 Å². The Kier molecular flexibility index (Phi) is 6.92. The van der Waals surface area contributed by atoms with E-state index >= 15 is 0 Å². The van der Waals surface area contributed by atoms with Crippen LogP contribution in [0, 0.1) is 0 Å². The molecule has 1 amide bonds. The van der Waals surface area contributed by atoms with Crippen molar-refractivity contribution in [3.8, 4) is 0 Å². The average Bonchev–Trinajstić information content (AvgIpc) is 2.14. The average molecular weight is 182 g/mol. The van der Waals surface area contributed by atoms with Crippen LogP contribution in [0.1, 0.15) is 13.3 Å². The second-order valence-corrected chi connectivity index (χ2v) is 2.79. The summed E-state index contributed by atoms with van der Waals surface area (Å²) in [5.41, 5.74) is 5.33. The van der Waals surface area contributed by atoms with Crippen LogP contribution in [-0.2, 0) is 4.79 Å². The maximum absolute atomic E-state index is 11.3. The van der Waals surface area contributed by atoms with Gasteiger partial charge in [0.2, 0.25) is 5.91 Å². The lowest BCUT2D eigenvalue weighted by Gasteiger charge is -2.13. The summed E-state index contributed by atoms with van der Waals surface area (Å²) in [6, 6.07) is 0. The van der Waals surface area contributed by atoms with Gasteiger partial charge in [-0.15, -0.1) is 0 Å². The first-order chi connectivity index (χ1) is 6.22. The molecule has 0 radical (unpaired) electrons. The van der Waals surface area contributed by atoms with E-state index in [0.29, 0.717) is 6.54 Å². The molecule has 0 unspecified atom stereocenters. The van der Waals surface area contributed by atoms with Crippen LogP contribution in [0.3, 0.4) is 0 Å². The van der Waals surface area contributed by atoms with Crippen molar-refractivity contribution in [2.75, 3.05) is 20.1 Å². The van der Waals surface area contributed by atoms with Crippen molar-refractivity contribution in [3.05, 3.63) is 24.3 Å². The second-order valence-electron chi connectivity index (χ2n) is 2.79. The van der Waals surface area contributed by atoms with Crippen molar-refractivity contribution in [3.63, 3.8) is 0 Å². The highest BCUT2D eigenvalue weighted by molar-refractivity contribution is 5.87. The number of allylic oxidation sites excluding steroid dienone is 3. The van der Waals surface area contributed by atoms with E-state index in [0.717, 1.165) is 13.0 Å². The first-order valence-corrected chi connectivity index (χ1v) is 4.47. The molecule has 0 fully saturated rings. The predicted octanol–water partition coefficient (Wildman–Crippen LogP) is 0.926. The summed E-state index contributed by atoms with van der Waals surface area (Å²) in [6.45, 7) is 3.25. The van der Waals surface area contributed by atoms with Crippen molar-refractivity contribution in [1.82, 2.24) is 4.90 Å². The summed E-state index contributed by atoms with van der Waals surface area (Å²) >= 11 is 0. The molecular formula is C10H18N2O. The molecule has 0 bridgehead atoms. The van der Waals surface area contributed by atoms with E-state index in [1.165, 1.54) is 0 Å². The van der Waals surface area contributed by atoms with Crippen molar-refractivity contribution in [1.29, 1.82) is 0 Å². The Bertz CT molecular complexity index is 197. The van der Waals surface area contributed by atoms with Crippen LogP contribution in [0.2, 0.25) is 0 Å². The summed E-state index contributed by atoms with van der Waals surface area (Å²) in [7, 11) is 1.78. The van der Waals surface area contributed by atoms with Crippen LogP contribution in [0.25, 0.3) is 0 Å². The van der Waals surface area contributed by atoms with Crippen LogP contribution >= 0.6 is 0 Å². The quantitative estimate of drug-likeness (QED) is 0.508. The molecule has 74 valence electrons. The van der Waals surface area contributed by atoms with Gasteiger partial charge in [-0.25, -0.2) is 0 Å². The monoisotopic (exact) mass is 182 g/mol. The second kappa shape index (κ2) is 7.55. The Balaban J connectivity index is 3.81. The first-order valence-electron chi connectivity index (χ1n) is 4.47. The van der Waals surface area contributed by atoms with Gasteiger partial charge < -0.3 is 10.6 Å². The third kappa shape index (κ3) is 6.11.